The first kappa shape index (κ1) is 46.3. The summed E-state index contributed by atoms with van der Waals surface area (Å²) in [6, 6.07) is 12.1. The molecule has 56 heavy (non-hydrogen) atoms. The maximum atomic E-state index is 10.5. The van der Waals surface area contributed by atoms with Gasteiger partial charge in [0, 0.05) is 148 Å². The Bertz CT molecular complexity index is 2220. The molecule has 7 aromatic heterocycles. The summed E-state index contributed by atoms with van der Waals surface area (Å²) in [6.07, 6.45) is 21.6. The molecule has 0 fully saturated rings. The zero-order valence-electron chi connectivity index (χ0n) is 31.9. The van der Waals surface area contributed by atoms with Crippen molar-refractivity contribution in [2.75, 3.05) is 0 Å². The van der Waals surface area contributed by atoms with Crippen molar-refractivity contribution in [1.29, 1.82) is 0 Å². The van der Waals surface area contributed by atoms with Crippen molar-refractivity contribution in [1.82, 2.24) is 62.3 Å². The van der Waals surface area contributed by atoms with Gasteiger partial charge in [0.1, 0.15) is 0 Å². The lowest BCUT2D eigenvalue weighted by Gasteiger charge is -1.89. The number of pyridine rings is 1. The van der Waals surface area contributed by atoms with E-state index in [2.05, 4.69) is 30.1 Å². The predicted octanol–water partition coefficient (Wildman–Crippen LogP) is -0.933. The van der Waals surface area contributed by atoms with Crippen LogP contribution in [-0.4, -0.2) is 62.3 Å². The number of hydrogen-bond acceptors (Lipinski definition) is 13. The van der Waals surface area contributed by atoms with Crippen molar-refractivity contribution in [3.63, 3.8) is 0 Å². The van der Waals surface area contributed by atoms with Gasteiger partial charge in [-0.3, -0.25) is 38.4 Å². The minimum absolute atomic E-state index is 0.0278. The zero-order chi connectivity index (χ0) is 41.9. The van der Waals surface area contributed by atoms with E-state index in [-0.39, 0.29) is 38.8 Å². The van der Waals surface area contributed by atoms with Gasteiger partial charge in [-0.05, 0) is 12.1 Å². The third kappa shape index (κ3) is 21.6. The summed E-state index contributed by atoms with van der Waals surface area (Å²) in [5, 5.41) is 7.37. The molecule has 0 N–H and O–H groups in total. The van der Waals surface area contributed by atoms with Crippen molar-refractivity contribution in [2.24, 2.45) is 49.3 Å². The van der Waals surface area contributed by atoms with Crippen LogP contribution in [0.25, 0.3) is 0 Å². The Morgan fingerprint density at radius 2 is 1.12 bits per heavy atom. The molecular formula is C36H43N13O7. The Morgan fingerprint density at radius 1 is 0.446 bits per heavy atom. The van der Waals surface area contributed by atoms with Gasteiger partial charge in [0.25, 0.3) is 22.2 Å². The Kier molecular flexibility index (Phi) is 21.5. The van der Waals surface area contributed by atoms with Crippen LogP contribution in [0.3, 0.4) is 0 Å². The van der Waals surface area contributed by atoms with Crippen LogP contribution in [0.1, 0.15) is 0 Å². The van der Waals surface area contributed by atoms with Gasteiger partial charge in [-0.15, -0.1) is 0 Å². The normalized spacial score (nSPS) is 9.12. The van der Waals surface area contributed by atoms with Crippen LogP contribution >= 0.6 is 0 Å². The van der Waals surface area contributed by atoms with Gasteiger partial charge >= 0.3 is 5.69 Å². The van der Waals surface area contributed by atoms with Crippen LogP contribution in [0.2, 0.25) is 0 Å². The zero-order valence-corrected chi connectivity index (χ0v) is 31.9. The first-order chi connectivity index (χ1) is 26.6. The third-order valence-electron chi connectivity index (χ3n) is 6.15. The topological polar surface area (TPSA) is 231 Å². The fourth-order valence-electron chi connectivity index (χ4n) is 3.00. The second-order valence-corrected chi connectivity index (χ2v) is 10.9. The number of aryl methyl sites for hydroxylation is 7. The minimum atomic E-state index is -0.215. The minimum Gasteiger partial charge on any atom is -0.357 e. The lowest BCUT2D eigenvalue weighted by atomic mass is 10.5. The van der Waals surface area contributed by atoms with E-state index in [1.807, 2.05) is 18.7 Å². The molecule has 20 nitrogen and oxygen atoms in total. The van der Waals surface area contributed by atoms with Crippen molar-refractivity contribution >= 4 is 0 Å². The molecule has 0 aliphatic heterocycles. The summed E-state index contributed by atoms with van der Waals surface area (Å²) >= 11 is 0. The highest BCUT2D eigenvalue weighted by molar-refractivity contribution is 4.92. The highest BCUT2D eigenvalue weighted by Gasteiger charge is 1.84. The molecule has 7 rings (SSSR count). The Balaban J connectivity index is 0.000000327. The smallest absolute Gasteiger partial charge is 0.347 e. The van der Waals surface area contributed by atoms with Crippen molar-refractivity contribution in [3.8, 4) is 0 Å². The van der Waals surface area contributed by atoms with E-state index in [1.54, 1.807) is 106 Å². The van der Waals surface area contributed by atoms with Crippen molar-refractivity contribution in [2.45, 2.75) is 0 Å². The monoisotopic (exact) mass is 769 g/mol. The lowest BCUT2D eigenvalue weighted by Crippen LogP contribution is -2.17. The summed E-state index contributed by atoms with van der Waals surface area (Å²) in [5.74, 6) is 0. The van der Waals surface area contributed by atoms with Crippen LogP contribution in [0, 0.1) is 0 Å². The third-order valence-corrected chi connectivity index (χ3v) is 6.15. The molecular weight excluding hydrogens is 726 g/mol. The molecule has 7 aromatic rings. The van der Waals surface area contributed by atoms with E-state index < -0.39 is 0 Å². The molecule has 20 heteroatoms. The molecule has 294 valence electrons. The van der Waals surface area contributed by atoms with Gasteiger partial charge in [0.05, 0.1) is 25.0 Å². The number of rotatable bonds is 0. The summed E-state index contributed by atoms with van der Waals surface area (Å²) in [6.45, 7) is 0. The molecule has 0 radical (unpaired) electrons. The molecule has 0 spiro atoms. The second kappa shape index (κ2) is 26.1. The summed E-state index contributed by atoms with van der Waals surface area (Å²) in [5.41, 5.74) is -0.582. The first-order valence-electron chi connectivity index (χ1n) is 16.1. The molecule has 0 atom stereocenters. The van der Waals surface area contributed by atoms with Gasteiger partial charge in [0.2, 0.25) is 0 Å². The Morgan fingerprint density at radius 3 is 1.50 bits per heavy atom. The average Bonchev–Trinajstić information content (AvgIpc) is 3.18. The van der Waals surface area contributed by atoms with E-state index in [0.717, 1.165) is 0 Å². The highest BCUT2D eigenvalue weighted by atomic mass is 16.2. The van der Waals surface area contributed by atoms with Crippen LogP contribution in [0.4, 0.5) is 0 Å². The van der Waals surface area contributed by atoms with Gasteiger partial charge in [-0.1, -0.05) is 0 Å². The molecule has 0 unspecified atom stereocenters. The van der Waals surface area contributed by atoms with Gasteiger partial charge in [-0.25, -0.2) is 19.4 Å². The highest BCUT2D eigenvalue weighted by Crippen LogP contribution is 1.74. The lowest BCUT2D eigenvalue weighted by molar-refractivity contribution is 0.707. The molecule has 0 saturated carbocycles. The largest absolute Gasteiger partial charge is 0.357 e. The molecule has 0 aliphatic rings. The molecule has 7 heterocycles. The Hall–Kier alpha value is -7.77. The van der Waals surface area contributed by atoms with E-state index >= 15 is 0 Å². The Labute approximate surface area is 319 Å². The van der Waals surface area contributed by atoms with Gasteiger partial charge in [0.15, 0.2) is 10.9 Å². The van der Waals surface area contributed by atoms with Crippen LogP contribution in [0.5, 0.6) is 0 Å². The van der Waals surface area contributed by atoms with E-state index in [1.165, 1.54) is 92.2 Å². The molecule has 0 amide bonds. The molecule has 0 aliphatic carbocycles. The number of hydrogen-bond donors (Lipinski definition) is 0. The molecule has 0 aromatic carbocycles. The maximum Gasteiger partial charge on any atom is 0.347 e. The van der Waals surface area contributed by atoms with Crippen molar-refractivity contribution < 1.29 is 0 Å². The quantitative estimate of drug-likeness (QED) is 0.182. The van der Waals surface area contributed by atoms with Crippen LogP contribution < -0.4 is 38.8 Å². The van der Waals surface area contributed by atoms with E-state index in [4.69, 9.17) is 0 Å². The summed E-state index contributed by atoms with van der Waals surface area (Å²) in [4.78, 5) is 87.4. The fourth-order valence-corrected chi connectivity index (χ4v) is 3.00. The summed E-state index contributed by atoms with van der Waals surface area (Å²) < 4.78 is 10.7. The fraction of sp³-hybridized carbons (Fsp3) is 0.194. The number of nitrogens with zero attached hydrogens (tertiary/aromatic N) is 13. The van der Waals surface area contributed by atoms with Crippen LogP contribution in [0.15, 0.2) is 169 Å². The van der Waals surface area contributed by atoms with E-state index in [9.17, 15) is 33.6 Å². The van der Waals surface area contributed by atoms with Gasteiger partial charge in [-0.2, -0.15) is 15.2 Å². The van der Waals surface area contributed by atoms with Gasteiger partial charge < -0.3 is 22.8 Å². The van der Waals surface area contributed by atoms with Crippen LogP contribution in [-0.2, 0) is 49.3 Å². The van der Waals surface area contributed by atoms with E-state index in [0.29, 0.717) is 0 Å². The first-order valence-corrected chi connectivity index (χ1v) is 16.1. The predicted molar refractivity (Wildman–Crippen MR) is 209 cm³/mol. The second-order valence-electron chi connectivity index (χ2n) is 10.9. The SMILES string of the molecule is Cn1ccc(=O)cc1.Cn1ccc(=O)cn1.Cn1ccc(=O)nc1.Cn1cccnc1=O.Cn1ccncc1=O.Cn1cnccc1=O.Cn1ncccc1=O. The number of aromatic nitrogens is 13. The average molecular weight is 770 g/mol. The molecule has 0 saturated heterocycles. The summed E-state index contributed by atoms with van der Waals surface area (Å²) in [7, 11) is 12.1. The molecule has 0 bridgehead atoms. The maximum absolute atomic E-state index is 10.5. The standard InChI is InChI=1S/C6H7NO.6C5H6N2O/c1-7-4-2-6(8)3-5-7;1-7-3-2-6-4-5(7)8;1-7-3-2-5(8)6-4-7;1-7-4-6-3-2-5(7)8;1-7-3-2-5(8)4-6-7;1-7-4-2-3-6-5(7)8;1-7-5(8)3-2-4-6-7/h2-5H,1H3;6*2-4H,1H3. The van der Waals surface area contributed by atoms with Crippen molar-refractivity contribution in [3.05, 3.63) is 208 Å².